The fraction of sp³-hybridized carbons (Fsp3) is 0.571. The molecular formula is C21H30N2O7S. The molecule has 1 aromatic carbocycles. The van der Waals surface area contributed by atoms with Crippen molar-refractivity contribution in [1.29, 1.82) is 0 Å². The molecule has 1 heterocycles. The lowest BCUT2D eigenvalue weighted by Crippen LogP contribution is -2.55. The van der Waals surface area contributed by atoms with E-state index < -0.39 is 33.4 Å². The number of piperidine rings is 1. The van der Waals surface area contributed by atoms with Gasteiger partial charge in [-0.05, 0) is 38.3 Å². The molecule has 2 rings (SSSR count). The molecule has 9 nitrogen and oxygen atoms in total. The minimum absolute atomic E-state index is 0.0294. The highest BCUT2D eigenvalue weighted by atomic mass is 32.2. The minimum atomic E-state index is -3.93. The number of methoxy groups -OCH3 is 2. The Morgan fingerprint density at radius 2 is 1.74 bits per heavy atom. The van der Waals surface area contributed by atoms with Crippen LogP contribution in [0.25, 0.3) is 0 Å². The Morgan fingerprint density at radius 1 is 1.13 bits per heavy atom. The van der Waals surface area contributed by atoms with Gasteiger partial charge in [0.15, 0.2) is 0 Å². The fourth-order valence-electron chi connectivity index (χ4n) is 3.78. The quantitative estimate of drug-likeness (QED) is 0.594. The molecule has 0 saturated carbocycles. The van der Waals surface area contributed by atoms with E-state index in [2.05, 4.69) is 5.32 Å². The third-order valence-corrected chi connectivity index (χ3v) is 7.48. The van der Waals surface area contributed by atoms with Crippen LogP contribution in [0.3, 0.4) is 0 Å². The maximum atomic E-state index is 13.1. The SMILES string of the molecule is CCCC(C)(NC(=O)C1CCN(S(=O)(=O)c2ccccc2C(=O)OC)CC1)C(=O)OC. The zero-order chi connectivity index (χ0) is 23.2. The molecule has 0 radical (unpaired) electrons. The van der Waals surface area contributed by atoms with Crippen LogP contribution in [0.2, 0.25) is 0 Å². The van der Waals surface area contributed by atoms with Crippen LogP contribution in [0.5, 0.6) is 0 Å². The zero-order valence-electron chi connectivity index (χ0n) is 18.3. The summed E-state index contributed by atoms with van der Waals surface area (Å²) in [7, 11) is -1.46. The van der Waals surface area contributed by atoms with Crippen LogP contribution in [0, 0.1) is 5.92 Å². The Kier molecular flexibility index (Phi) is 8.19. The second-order valence-electron chi connectivity index (χ2n) is 7.73. The Balaban J connectivity index is 2.11. The van der Waals surface area contributed by atoms with Crippen LogP contribution in [0.1, 0.15) is 49.9 Å². The largest absolute Gasteiger partial charge is 0.467 e. The van der Waals surface area contributed by atoms with E-state index >= 15 is 0 Å². The monoisotopic (exact) mass is 454 g/mol. The predicted molar refractivity (Wildman–Crippen MR) is 113 cm³/mol. The normalized spacial score (nSPS) is 17.4. The second kappa shape index (κ2) is 10.2. The molecule has 1 aliphatic rings. The van der Waals surface area contributed by atoms with Crippen LogP contribution < -0.4 is 5.32 Å². The van der Waals surface area contributed by atoms with Crippen molar-refractivity contribution < 1.29 is 32.3 Å². The second-order valence-corrected chi connectivity index (χ2v) is 9.64. The van der Waals surface area contributed by atoms with E-state index in [0.717, 1.165) is 0 Å². The van der Waals surface area contributed by atoms with Gasteiger partial charge < -0.3 is 14.8 Å². The summed E-state index contributed by atoms with van der Waals surface area (Å²) in [5, 5.41) is 2.79. The number of hydrogen-bond donors (Lipinski definition) is 1. The summed E-state index contributed by atoms with van der Waals surface area (Å²) in [5.41, 5.74) is -1.15. The molecule has 31 heavy (non-hydrogen) atoms. The number of benzene rings is 1. The van der Waals surface area contributed by atoms with E-state index in [1.807, 2.05) is 6.92 Å². The van der Waals surface area contributed by atoms with Gasteiger partial charge >= 0.3 is 11.9 Å². The van der Waals surface area contributed by atoms with E-state index in [4.69, 9.17) is 9.47 Å². The molecule has 1 aliphatic heterocycles. The molecule has 1 saturated heterocycles. The summed E-state index contributed by atoms with van der Waals surface area (Å²) < 4.78 is 37.0. The lowest BCUT2D eigenvalue weighted by atomic mass is 9.92. The van der Waals surface area contributed by atoms with Crippen LogP contribution in [0.15, 0.2) is 29.2 Å². The molecular weight excluding hydrogens is 424 g/mol. The molecule has 0 aliphatic carbocycles. The summed E-state index contributed by atoms with van der Waals surface area (Å²) in [4.78, 5) is 36.8. The number of carbonyl (C=O) groups is 3. The summed E-state index contributed by atoms with van der Waals surface area (Å²) in [6.45, 7) is 3.78. The standard InChI is InChI=1S/C21H30N2O7S/c1-5-12-21(2,20(26)30-4)22-18(24)15-10-13-23(14-11-15)31(27,28)17-9-7-6-8-16(17)19(25)29-3/h6-9,15H,5,10-14H2,1-4H3,(H,22,24). The van der Waals surface area contributed by atoms with Crippen LogP contribution in [-0.2, 0) is 29.1 Å². The van der Waals surface area contributed by atoms with E-state index in [9.17, 15) is 22.8 Å². The molecule has 0 aromatic heterocycles. The lowest BCUT2D eigenvalue weighted by molar-refractivity contribution is -0.151. The first-order valence-corrected chi connectivity index (χ1v) is 11.6. The van der Waals surface area contributed by atoms with Crippen molar-refractivity contribution in [3.05, 3.63) is 29.8 Å². The lowest BCUT2D eigenvalue weighted by Gasteiger charge is -2.34. The number of ether oxygens (including phenoxy) is 2. The summed E-state index contributed by atoms with van der Waals surface area (Å²) >= 11 is 0. The molecule has 1 amide bonds. The number of esters is 2. The highest BCUT2D eigenvalue weighted by Crippen LogP contribution is 2.27. The van der Waals surface area contributed by atoms with Gasteiger partial charge in [0.25, 0.3) is 0 Å². The van der Waals surface area contributed by atoms with Crippen LogP contribution in [0.4, 0.5) is 0 Å². The zero-order valence-corrected chi connectivity index (χ0v) is 19.2. The Labute approximate surface area is 183 Å². The molecule has 1 unspecified atom stereocenters. The number of hydrogen-bond acceptors (Lipinski definition) is 7. The van der Waals surface area contributed by atoms with E-state index in [1.54, 1.807) is 19.1 Å². The predicted octanol–water partition coefficient (Wildman–Crippen LogP) is 1.72. The first-order chi connectivity index (χ1) is 14.6. The molecule has 172 valence electrons. The van der Waals surface area contributed by atoms with Crippen molar-refractivity contribution >= 4 is 27.9 Å². The number of nitrogens with zero attached hydrogens (tertiary/aromatic N) is 1. The average Bonchev–Trinajstić information content (AvgIpc) is 2.78. The first-order valence-electron chi connectivity index (χ1n) is 10.2. The van der Waals surface area contributed by atoms with Gasteiger partial charge in [-0.25, -0.2) is 18.0 Å². The molecule has 1 atom stereocenters. The highest BCUT2D eigenvalue weighted by molar-refractivity contribution is 7.89. The number of sulfonamides is 1. The third-order valence-electron chi connectivity index (χ3n) is 5.52. The minimum Gasteiger partial charge on any atom is -0.467 e. The van der Waals surface area contributed by atoms with Crippen molar-refractivity contribution in [2.45, 2.75) is 50.0 Å². The number of carbonyl (C=O) groups excluding carboxylic acids is 3. The van der Waals surface area contributed by atoms with E-state index in [1.165, 1.54) is 30.7 Å². The molecule has 0 bridgehead atoms. The molecule has 1 aromatic rings. The van der Waals surface area contributed by atoms with Crippen molar-refractivity contribution in [1.82, 2.24) is 9.62 Å². The van der Waals surface area contributed by atoms with Crippen molar-refractivity contribution in [3.8, 4) is 0 Å². The topological polar surface area (TPSA) is 119 Å². The molecule has 1 fully saturated rings. The number of rotatable bonds is 8. The van der Waals surface area contributed by atoms with Gasteiger partial charge in [0.1, 0.15) is 5.54 Å². The summed E-state index contributed by atoms with van der Waals surface area (Å²) in [6, 6.07) is 5.88. The van der Waals surface area contributed by atoms with Gasteiger partial charge in [0.2, 0.25) is 15.9 Å². The maximum absolute atomic E-state index is 13.1. The Hall–Kier alpha value is -2.46. The van der Waals surface area contributed by atoms with Gasteiger partial charge in [0.05, 0.1) is 24.7 Å². The third kappa shape index (κ3) is 5.43. The smallest absolute Gasteiger partial charge is 0.339 e. The molecule has 0 spiro atoms. The first kappa shape index (κ1) is 24.8. The van der Waals surface area contributed by atoms with Gasteiger partial charge in [-0.1, -0.05) is 25.5 Å². The van der Waals surface area contributed by atoms with Crippen molar-refractivity contribution in [2.75, 3.05) is 27.3 Å². The van der Waals surface area contributed by atoms with Gasteiger partial charge in [0, 0.05) is 19.0 Å². The van der Waals surface area contributed by atoms with E-state index in [-0.39, 0.29) is 29.5 Å². The van der Waals surface area contributed by atoms with Gasteiger partial charge in [-0.2, -0.15) is 4.31 Å². The van der Waals surface area contributed by atoms with Crippen molar-refractivity contribution in [2.24, 2.45) is 5.92 Å². The van der Waals surface area contributed by atoms with Crippen LogP contribution in [-0.4, -0.2) is 63.4 Å². The van der Waals surface area contributed by atoms with E-state index in [0.29, 0.717) is 25.7 Å². The van der Waals surface area contributed by atoms with Gasteiger partial charge in [-0.15, -0.1) is 0 Å². The van der Waals surface area contributed by atoms with Crippen LogP contribution >= 0.6 is 0 Å². The summed E-state index contributed by atoms with van der Waals surface area (Å²) in [6.07, 6.45) is 1.72. The maximum Gasteiger partial charge on any atom is 0.339 e. The Bertz CT molecular complexity index is 923. The van der Waals surface area contributed by atoms with Gasteiger partial charge in [-0.3, -0.25) is 4.79 Å². The van der Waals surface area contributed by atoms with Crippen molar-refractivity contribution in [3.63, 3.8) is 0 Å². The molecule has 10 heteroatoms. The Morgan fingerprint density at radius 3 is 2.29 bits per heavy atom. The fourth-order valence-corrected chi connectivity index (χ4v) is 5.43. The summed E-state index contributed by atoms with van der Waals surface area (Å²) in [5.74, 6) is -1.97. The number of nitrogens with one attached hydrogen (secondary N) is 1. The molecule has 1 N–H and O–H groups in total. The average molecular weight is 455 g/mol. The highest BCUT2D eigenvalue weighted by Gasteiger charge is 2.39. The number of amides is 1.